The number of carbonyl (C=O) groups excluding carboxylic acids is 1. The summed E-state index contributed by atoms with van der Waals surface area (Å²) in [5, 5.41) is 7.53. The van der Waals surface area contributed by atoms with Crippen LogP contribution in [0.4, 0.5) is 19.6 Å². The fourth-order valence-electron chi connectivity index (χ4n) is 4.99. The molecule has 2 fully saturated rings. The first-order valence-corrected chi connectivity index (χ1v) is 14.9. The van der Waals surface area contributed by atoms with Gasteiger partial charge in [-0.1, -0.05) is 0 Å². The number of aromatic nitrogens is 2. The highest BCUT2D eigenvalue weighted by molar-refractivity contribution is 7.90. The molecule has 3 aliphatic rings. The highest BCUT2D eigenvalue weighted by atomic mass is 32.2. The topological polar surface area (TPSA) is 144 Å². The van der Waals surface area contributed by atoms with Crippen molar-refractivity contribution in [1.29, 1.82) is 0 Å². The smallest absolute Gasteiger partial charge is 0.251 e. The molecule has 2 heterocycles. The van der Waals surface area contributed by atoms with Crippen molar-refractivity contribution in [2.75, 3.05) is 17.3 Å². The van der Waals surface area contributed by atoms with Crippen LogP contribution in [-0.2, 0) is 34.7 Å². The summed E-state index contributed by atoms with van der Waals surface area (Å²) in [5.41, 5.74) is 3.04. The van der Waals surface area contributed by atoms with Crippen LogP contribution in [0.5, 0.6) is 5.88 Å². The maximum absolute atomic E-state index is 13.6. The number of hydrazine groups is 1. The molecule has 3 aliphatic carbocycles. The molecule has 0 bridgehead atoms. The van der Waals surface area contributed by atoms with Crippen molar-refractivity contribution in [3.05, 3.63) is 16.5 Å². The lowest BCUT2D eigenvalue weighted by atomic mass is 9.89. The number of alkyl halides is 2. The molecule has 1 atom stereocenters. The van der Waals surface area contributed by atoms with E-state index in [4.69, 9.17) is 22.8 Å². The third kappa shape index (κ3) is 5.23. The first kappa shape index (κ1) is 27.2. The molecule has 0 aliphatic heterocycles. The monoisotopic (exact) mass is 589 g/mol. The van der Waals surface area contributed by atoms with Gasteiger partial charge in [-0.05, 0) is 49.9 Å². The van der Waals surface area contributed by atoms with Crippen LogP contribution in [0.1, 0.15) is 42.5 Å². The van der Waals surface area contributed by atoms with Crippen molar-refractivity contribution >= 4 is 55.4 Å². The standard InChI is InChI=1S/C22H29F2N7O4S3/c1-30-17(8-16(28-30)35-2)31(21(36)27-25)13-5-6-15-14(7-13)18(20(37-15)26-19(32)11-3-4-11)38(33,34)29-12-9-22(23,24)10-12/h8,11-13,29H,3-7,9-10,25H2,1-2H3,(H,26,32)(H,27,36)/t13-/m0/s1. The molecule has 16 heteroatoms. The lowest BCUT2D eigenvalue weighted by molar-refractivity contribution is -0.117. The molecule has 5 rings (SSSR count). The Hall–Kier alpha value is -2.40. The predicted molar refractivity (Wildman–Crippen MR) is 142 cm³/mol. The summed E-state index contributed by atoms with van der Waals surface area (Å²) in [4.78, 5) is 15.1. The van der Waals surface area contributed by atoms with E-state index in [1.54, 1.807) is 22.7 Å². The van der Waals surface area contributed by atoms with E-state index in [2.05, 4.69) is 20.6 Å². The Morgan fingerprint density at radius 1 is 1.34 bits per heavy atom. The van der Waals surface area contributed by atoms with Gasteiger partial charge in [0.05, 0.1) is 7.11 Å². The van der Waals surface area contributed by atoms with Crippen LogP contribution in [0.3, 0.4) is 0 Å². The highest BCUT2D eigenvalue weighted by Crippen LogP contribution is 2.45. The number of ether oxygens (including phenoxy) is 1. The first-order valence-electron chi connectivity index (χ1n) is 12.2. The highest BCUT2D eigenvalue weighted by Gasteiger charge is 2.48. The Morgan fingerprint density at radius 2 is 2.05 bits per heavy atom. The van der Waals surface area contributed by atoms with Gasteiger partial charge in [-0.3, -0.25) is 9.69 Å². The Bertz CT molecular complexity index is 1370. The Balaban J connectivity index is 1.51. The molecule has 208 valence electrons. The van der Waals surface area contributed by atoms with Crippen molar-refractivity contribution in [2.45, 2.75) is 67.8 Å². The van der Waals surface area contributed by atoms with E-state index >= 15 is 0 Å². The van der Waals surface area contributed by atoms with Gasteiger partial charge in [0.25, 0.3) is 5.92 Å². The molecule has 0 spiro atoms. The van der Waals surface area contributed by atoms with Crippen LogP contribution in [-0.4, -0.2) is 54.3 Å². The number of amides is 1. The number of thiocarbonyl (C=S) groups is 1. The van der Waals surface area contributed by atoms with Gasteiger partial charge >= 0.3 is 0 Å². The van der Waals surface area contributed by atoms with E-state index in [1.807, 2.05) is 0 Å². The van der Waals surface area contributed by atoms with Crippen molar-refractivity contribution in [2.24, 2.45) is 18.8 Å². The Labute approximate surface area is 228 Å². The van der Waals surface area contributed by atoms with Gasteiger partial charge in [0.2, 0.25) is 21.8 Å². The summed E-state index contributed by atoms with van der Waals surface area (Å²) in [6.07, 6.45) is 1.78. The number of sulfonamides is 1. The van der Waals surface area contributed by atoms with Gasteiger partial charge in [0.1, 0.15) is 15.7 Å². The maximum atomic E-state index is 13.6. The van der Waals surface area contributed by atoms with Crippen molar-refractivity contribution in [3.8, 4) is 5.88 Å². The molecule has 0 saturated heterocycles. The zero-order valence-electron chi connectivity index (χ0n) is 20.8. The summed E-state index contributed by atoms with van der Waals surface area (Å²) in [6.45, 7) is 0. The largest absolute Gasteiger partial charge is 0.480 e. The quantitative estimate of drug-likeness (QED) is 0.207. The van der Waals surface area contributed by atoms with E-state index in [9.17, 15) is 22.0 Å². The molecular formula is C22H29F2N7O4S3. The second-order valence-corrected chi connectivity index (χ2v) is 13.0. The molecule has 2 saturated carbocycles. The molecule has 38 heavy (non-hydrogen) atoms. The molecule has 0 radical (unpaired) electrons. The lowest BCUT2D eigenvalue weighted by Crippen LogP contribution is -2.51. The first-order chi connectivity index (χ1) is 17.9. The molecule has 5 N–H and O–H groups in total. The zero-order valence-corrected chi connectivity index (χ0v) is 23.2. The number of rotatable bonds is 8. The van der Waals surface area contributed by atoms with Crippen LogP contribution in [0.15, 0.2) is 11.0 Å². The number of aryl methyl sites for hydroxylation is 2. The second-order valence-electron chi connectivity index (χ2n) is 9.89. The molecule has 11 nitrogen and oxygen atoms in total. The molecule has 2 aromatic heterocycles. The summed E-state index contributed by atoms with van der Waals surface area (Å²) >= 11 is 6.72. The van der Waals surface area contributed by atoms with Crippen molar-refractivity contribution < 1.29 is 26.7 Å². The van der Waals surface area contributed by atoms with Gasteiger partial charge in [-0.25, -0.2) is 32.4 Å². The molecular weight excluding hydrogens is 560 g/mol. The fraction of sp³-hybridized carbons (Fsp3) is 0.591. The minimum absolute atomic E-state index is 0.0550. The number of anilines is 2. The average Bonchev–Trinajstić information content (AvgIpc) is 3.53. The van der Waals surface area contributed by atoms with Crippen LogP contribution in [0.2, 0.25) is 0 Å². The van der Waals surface area contributed by atoms with Gasteiger partial charge in [-0.15, -0.1) is 16.4 Å². The Morgan fingerprint density at radius 3 is 2.63 bits per heavy atom. The van der Waals surface area contributed by atoms with E-state index in [1.165, 1.54) is 18.4 Å². The SMILES string of the molecule is COc1cc(N(C(=S)NN)[C@H]2CCc3sc(NC(=O)C4CC4)c(S(=O)(=O)NC4CC(F)(F)C4)c3C2)n(C)n1. The van der Waals surface area contributed by atoms with Crippen molar-refractivity contribution in [3.63, 3.8) is 0 Å². The second kappa shape index (κ2) is 9.97. The van der Waals surface area contributed by atoms with E-state index < -0.39 is 34.8 Å². The third-order valence-electron chi connectivity index (χ3n) is 7.05. The summed E-state index contributed by atoms with van der Waals surface area (Å²) in [7, 11) is -0.996. The predicted octanol–water partition coefficient (Wildman–Crippen LogP) is 2.03. The van der Waals surface area contributed by atoms with E-state index in [0.29, 0.717) is 30.1 Å². The number of hydrogen-bond acceptors (Lipinski definition) is 8. The number of halogens is 2. The van der Waals surface area contributed by atoms with Crippen LogP contribution in [0.25, 0.3) is 0 Å². The van der Waals surface area contributed by atoms with E-state index in [-0.39, 0.29) is 39.3 Å². The number of nitrogens with zero attached hydrogens (tertiary/aromatic N) is 3. The number of nitrogens with one attached hydrogen (secondary N) is 3. The fourth-order valence-corrected chi connectivity index (χ4v) is 8.44. The minimum Gasteiger partial charge on any atom is -0.480 e. The number of methoxy groups -OCH3 is 1. The number of fused-ring (bicyclic) bond motifs is 1. The van der Waals surface area contributed by atoms with Gasteiger partial charge in [0.15, 0.2) is 5.11 Å². The number of hydrogen-bond donors (Lipinski definition) is 4. The van der Waals surface area contributed by atoms with Gasteiger partial charge in [0, 0.05) is 48.8 Å². The van der Waals surface area contributed by atoms with Crippen LogP contribution in [0, 0.1) is 5.92 Å². The normalized spacial score (nSPS) is 20.8. The van der Waals surface area contributed by atoms with Crippen LogP contribution >= 0.6 is 23.6 Å². The van der Waals surface area contributed by atoms with Gasteiger partial charge in [-0.2, -0.15) is 0 Å². The number of nitrogens with two attached hydrogens (primary N) is 1. The zero-order chi connectivity index (χ0) is 27.4. The van der Waals surface area contributed by atoms with Crippen molar-refractivity contribution in [1.82, 2.24) is 19.9 Å². The third-order valence-corrected chi connectivity index (χ3v) is 10.3. The molecule has 2 aromatic rings. The lowest BCUT2D eigenvalue weighted by Gasteiger charge is -2.36. The summed E-state index contributed by atoms with van der Waals surface area (Å²) in [5.74, 6) is 3.39. The average molecular weight is 590 g/mol. The number of thiophene rings is 1. The molecule has 0 aromatic carbocycles. The van der Waals surface area contributed by atoms with E-state index in [0.717, 1.165) is 17.7 Å². The van der Waals surface area contributed by atoms with Gasteiger partial charge < -0.3 is 15.5 Å². The Kier molecular flexibility index (Phi) is 7.13. The van der Waals surface area contributed by atoms with Crippen LogP contribution < -0.4 is 30.9 Å². The molecule has 1 amide bonds. The number of carbonyl (C=O) groups is 1. The maximum Gasteiger partial charge on any atom is 0.251 e. The minimum atomic E-state index is -4.21. The summed E-state index contributed by atoms with van der Waals surface area (Å²) in [6, 6.07) is 0.517. The molecule has 0 unspecified atom stereocenters. The summed E-state index contributed by atoms with van der Waals surface area (Å²) < 4.78 is 63.4.